The number of benzene rings is 3. The van der Waals surface area contributed by atoms with Crippen LogP contribution < -0.4 is 18.7 Å². The number of fused-ring (bicyclic) bond motifs is 1. The molecule has 3 aromatic carbocycles. The van der Waals surface area contributed by atoms with Gasteiger partial charge in [0.2, 0.25) is 0 Å². The number of para-hydroxylation sites is 1. The first-order valence-corrected chi connectivity index (χ1v) is 12.0. The van der Waals surface area contributed by atoms with Gasteiger partial charge in [-0.15, -0.1) is 0 Å². The summed E-state index contributed by atoms with van der Waals surface area (Å²) in [5.74, 6) is 0.676. The number of carbonyl (C=O) groups is 1. The second kappa shape index (κ2) is 9.15. The van der Waals surface area contributed by atoms with Crippen molar-refractivity contribution < 1.29 is 22.7 Å². The van der Waals surface area contributed by atoms with Crippen molar-refractivity contribution in [3.8, 4) is 11.5 Å². The van der Waals surface area contributed by atoms with Gasteiger partial charge in [0.25, 0.3) is 15.9 Å². The van der Waals surface area contributed by atoms with Gasteiger partial charge in [-0.1, -0.05) is 18.2 Å². The molecule has 33 heavy (non-hydrogen) atoms. The third-order valence-corrected chi connectivity index (χ3v) is 7.63. The number of ether oxygens (including phenoxy) is 2. The van der Waals surface area contributed by atoms with Crippen LogP contribution in [0.1, 0.15) is 22.3 Å². The molecule has 1 heterocycles. The molecule has 3 aromatic rings. The highest BCUT2D eigenvalue weighted by Gasteiger charge is 2.25. The van der Waals surface area contributed by atoms with Gasteiger partial charge in [0.15, 0.2) is 11.5 Å². The summed E-state index contributed by atoms with van der Waals surface area (Å²) < 4.78 is 37.9. The normalized spacial score (nSPS) is 13.2. The van der Waals surface area contributed by atoms with Gasteiger partial charge in [-0.05, 0) is 60.9 Å². The molecule has 4 rings (SSSR count). The van der Waals surface area contributed by atoms with E-state index in [1.54, 1.807) is 35.2 Å². The fourth-order valence-corrected chi connectivity index (χ4v) is 5.20. The van der Waals surface area contributed by atoms with E-state index in [1.165, 1.54) is 37.7 Å². The van der Waals surface area contributed by atoms with Gasteiger partial charge in [0.1, 0.15) is 0 Å². The zero-order valence-electron chi connectivity index (χ0n) is 18.8. The Hall–Kier alpha value is -3.52. The Balaban J connectivity index is 1.58. The van der Waals surface area contributed by atoms with Crippen LogP contribution in [0.4, 0.5) is 11.4 Å². The van der Waals surface area contributed by atoms with Crippen LogP contribution in [0, 0.1) is 0 Å². The predicted molar refractivity (Wildman–Crippen MR) is 128 cm³/mol. The maximum atomic E-state index is 13.2. The van der Waals surface area contributed by atoms with E-state index in [0.29, 0.717) is 29.3 Å². The van der Waals surface area contributed by atoms with Crippen LogP contribution >= 0.6 is 0 Å². The van der Waals surface area contributed by atoms with Gasteiger partial charge in [-0.2, -0.15) is 0 Å². The number of hydrogen-bond acceptors (Lipinski definition) is 5. The second-order valence-electron chi connectivity index (χ2n) is 7.73. The lowest BCUT2D eigenvalue weighted by molar-refractivity contribution is 0.0985. The van der Waals surface area contributed by atoms with Crippen molar-refractivity contribution in [1.29, 1.82) is 0 Å². The van der Waals surface area contributed by atoms with Crippen LogP contribution in [0.15, 0.2) is 71.6 Å². The molecular formula is C25H26N2O5S. The van der Waals surface area contributed by atoms with E-state index in [0.717, 1.165) is 24.1 Å². The summed E-state index contributed by atoms with van der Waals surface area (Å²) in [7, 11) is 0.578. The molecule has 0 fully saturated rings. The fourth-order valence-electron chi connectivity index (χ4n) is 3.99. The number of nitrogens with zero attached hydrogens (tertiary/aromatic N) is 2. The third kappa shape index (κ3) is 4.26. The van der Waals surface area contributed by atoms with Crippen molar-refractivity contribution in [2.24, 2.45) is 0 Å². The topological polar surface area (TPSA) is 76.2 Å². The van der Waals surface area contributed by atoms with Gasteiger partial charge in [-0.3, -0.25) is 9.10 Å². The van der Waals surface area contributed by atoms with Crippen LogP contribution in [0.5, 0.6) is 11.5 Å². The molecule has 0 saturated carbocycles. The molecule has 7 nitrogen and oxygen atoms in total. The van der Waals surface area contributed by atoms with E-state index in [2.05, 4.69) is 0 Å². The Kier molecular flexibility index (Phi) is 6.29. The minimum atomic E-state index is -3.84. The molecule has 8 heteroatoms. The van der Waals surface area contributed by atoms with E-state index in [-0.39, 0.29) is 10.8 Å². The van der Waals surface area contributed by atoms with Gasteiger partial charge in [-0.25, -0.2) is 8.42 Å². The Morgan fingerprint density at radius 3 is 2.33 bits per heavy atom. The minimum Gasteiger partial charge on any atom is -0.493 e. The number of aryl methyl sites for hydroxylation is 1. The zero-order chi connectivity index (χ0) is 23.6. The van der Waals surface area contributed by atoms with E-state index in [1.807, 2.05) is 24.3 Å². The van der Waals surface area contributed by atoms with Crippen molar-refractivity contribution >= 4 is 27.3 Å². The number of sulfonamides is 1. The summed E-state index contributed by atoms with van der Waals surface area (Å²) in [6.45, 7) is 0.658. The standard InChI is InChI=1S/C25H26N2O5S/c1-26(33(29,30)21-14-15-23(31-2)24(17-21)32-3)20-12-10-19(11-13-20)25(28)27-16-6-8-18-7-4-5-9-22(18)27/h4-5,7,9-15,17H,6,8,16H2,1-3H3. The highest BCUT2D eigenvalue weighted by atomic mass is 32.2. The molecule has 0 bridgehead atoms. The number of anilines is 2. The lowest BCUT2D eigenvalue weighted by Crippen LogP contribution is -2.35. The first-order chi connectivity index (χ1) is 15.9. The van der Waals surface area contributed by atoms with E-state index >= 15 is 0 Å². The molecule has 0 atom stereocenters. The van der Waals surface area contributed by atoms with Crippen molar-refractivity contribution in [1.82, 2.24) is 0 Å². The summed E-state index contributed by atoms with van der Waals surface area (Å²) in [5.41, 5.74) is 3.05. The number of hydrogen-bond donors (Lipinski definition) is 0. The first kappa shape index (κ1) is 22.7. The second-order valence-corrected chi connectivity index (χ2v) is 9.69. The van der Waals surface area contributed by atoms with Crippen LogP contribution in [-0.4, -0.2) is 42.1 Å². The van der Waals surface area contributed by atoms with Crippen molar-refractivity contribution in [2.75, 3.05) is 37.0 Å². The fraction of sp³-hybridized carbons (Fsp3) is 0.240. The molecule has 1 aliphatic heterocycles. The molecule has 0 unspecified atom stereocenters. The maximum Gasteiger partial charge on any atom is 0.264 e. The quantitative estimate of drug-likeness (QED) is 0.546. The highest BCUT2D eigenvalue weighted by molar-refractivity contribution is 7.92. The Bertz CT molecular complexity index is 1270. The molecule has 0 aliphatic carbocycles. The number of carbonyl (C=O) groups excluding carboxylic acids is 1. The van der Waals surface area contributed by atoms with E-state index < -0.39 is 10.0 Å². The van der Waals surface area contributed by atoms with Crippen LogP contribution in [0.3, 0.4) is 0 Å². The lowest BCUT2D eigenvalue weighted by Gasteiger charge is -2.29. The molecule has 0 radical (unpaired) electrons. The van der Waals surface area contributed by atoms with Gasteiger partial charge < -0.3 is 14.4 Å². The monoisotopic (exact) mass is 466 g/mol. The average molecular weight is 467 g/mol. The lowest BCUT2D eigenvalue weighted by atomic mass is 10.0. The van der Waals surface area contributed by atoms with Gasteiger partial charge in [0.05, 0.1) is 24.8 Å². The highest BCUT2D eigenvalue weighted by Crippen LogP contribution is 2.32. The van der Waals surface area contributed by atoms with E-state index in [4.69, 9.17) is 9.47 Å². The maximum absolute atomic E-state index is 13.2. The number of amides is 1. The summed E-state index contributed by atoms with van der Waals surface area (Å²) >= 11 is 0. The van der Waals surface area contributed by atoms with Gasteiger partial charge >= 0.3 is 0 Å². The van der Waals surface area contributed by atoms with Crippen LogP contribution in [-0.2, 0) is 16.4 Å². The molecule has 1 amide bonds. The smallest absolute Gasteiger partial charge is 0.264 e. The molecule has 0 saturated heterocycles. The molecule has 172 valence electrons. The first-order valence-electron chi connectivity index (χ1n) is 10.6. The number of rotatable bonds is 6. The van der Waals surface area contributed by atoms with Crippen molar-refractivity contribution in [3.63, 3.8) is 0 Å². The zero-order valence-corrected chi connectivity index (χ0v) is 19.6. The SMILES string of the molecule is COc1ccc(S(=O)(=O)N(C)c2ccc(C(=O)N3CCCc4ccccc43)cc2)cc1OC. The van der Waals surface area contributed by atoms with Crippen molar-refractivity contribution in [2.45, 2.75) is 17.7 Å². The predicted octanol–water partition coefficient (Wildman–Crippen LogP) is 4.12. The van der Waals surface area contributed by atoms with Crippen LogP contribution in [0.2, 0.25) is 0 Å². The molecule has 0 spiro atoms. The largest absolute Gasteiger partial charge is 0.493 e. The average Bonchev–Trinajstić information content (AvgIpc) is 2.87. The minimum absolute atomic E-state index is 0.0766. The summed E-state index contributed by atoms with van der Waals surface area (Å²) in [5, 5.41) is 0. The van der Waals surface area contributed by atoms with Gasteiger partial charge in [0, 0.05) is 30.9 Å². The van der Waals surface area contributed by atoms with E-state index in [9.17, 15) is 13.2 Å². The Morgan fingerprint density at radius 1 is 0.939 bits per heavy atom. The molecule has 1 aliphatic rings. The Labute approximate surface area is 194 Å². The summed E-state index contributed by atoms with van der Waals surface area (Å²) in [4.78, 5) is 15.0. The van der Waals surface area contributed by atoms with Crippen LogP contribution in [0.25, 0.3) is 0 Å². The molecular weight excluding hydrogens is 440 g/mol. The summed E-state index contributed by atoms with van der Waals surface area (Å²) in [6.07, 6.45) is 1.87. The molecule has 0 N–H and O–H groups in total. The third-order valence-electron chi connectivity index (χ3n) is 5.85. The summed E-state index contributed by atoms with van der Waals surface area (Å²) in [6, 6.07) is 19.0. The Morgan fingerprint density at radius 2 is 1.64 bits per heavy atom. The van der Waals surface area contributed by atoms with Crippen molar-refractivity contribution in [3.05, 3.63) is 77.9 Å². The number of methoxy groups -OCH3 is 2. The molecule has 0 aromatic heterocycles.